The summed E-state index contributed by atoms with van der Waals surface area (Å²) in [6, 6.07) is 7.71. The topological polar surface area (TPSA) is 99.3 Å². The lowest BCUT2D eigenvalue weighted by Gasteiger charge is -2.18. The first-order chi connectivity index (χ1) is 13.9. The summed E-state index contributed by atoms with van der Waals surface area (Å²) in [5.41, 5.74) is 0.681. The fourth-order valence-electron chi connectivity index (χ4n) is 2.67. The van der Waals surface area contributed by atoms with Crippen molar-refractivity contribution in [1.82, 2.24) is 16.0 Å². The Bertz CT molecular complexity index is 947. The number of amides is 4. The van der Waals surface area contributed by atoms with Crippen LogP contribution in [-0.2, 0) is 4.79 Å². The number of benzene rings is 2. The van der Waals surface area contributed by atoms with E-state index in [0.717, 1.165) is 25.0 Å². The van der Waals surface area contributed by atoms with Crippen molar-refractivity contribution < 1.29 is 23.2 Å². The third-order valence-corrected chi connectivity index (χ3v) is 4.36. The summed E-state index contributed by atoms with van der Waals surface area (Å²) < 4.78 is 26.8. The number of hydrogen-bond acceptors (Lipinski definition) is 3. The van der Waals surface area contributed by atoms with Gasteiger partial charge in [0.1, 0.15) is 6.04 Å². The van der Waals surface area contributed by atoms with Crippen LogP contribution >= 0.6 is 0 Å². The van der Waals surface area contributed by atoms with E-state index in [1.807, 2.05) is 0 Å². The average Bonchev–Trinajstić information content (AvgIpc) is 3.51. The number of urea groups is 1. The molecule has 2 aromatic rings. The summed E-state index contributed by atoms with van der Waals surface area (Å²) in [6.07, 6.45) is 1.89. The lowest BCUT2D eigenvalue weighted by atomic mass is 10.0. The van der Waals surface area contributed by atoms with Gasteiger partial charge in [0, 0.05) is 24.3 Å². The van der Waals surface area contributed by atoms with E-state index < -0.39 is 29.5 Å². The minimum absolute atomic E-state index is 0.0923. The molecule has 0 aliphatic heterocycles. The molecule has 1 atom stereocenters. The Morgan fingerprint density at radius 3 is 2.45 bits per heavy atom. The molecule has 0 radical (unpaired) electrons. The smallest absolute Gasteiger partial charge is 0.319 e. The zero-order valence-electron chi connectivity index (χ0n) is 15.6. The predicted octanol–water partition coefficient (Wildman–Crippen LogP) is 2.47. The number of nitrogens with one attached hydrogen (secondary N) is 4. The normalized spacial score (nSPS) is 13.9. The Balaban J connectivity index is 1.75. The van der Waals surface area contributed by atoms with E-state index in [1.54, 1.807) is 12.1 Å². The summed E-state index contributed by atoms with van der Waals surface area (Å²) in [4.78, 5) is 36.7. The number of halogens is 2. The zero-order valence-corrected chi connectivity index (χ0v) is 15.6. The molecule has 0 heterocycles. The largest absolute Gasteiger partial charge is 0.357 e. The number of anilines is 1. The number of carbonyl (C=O) groups excluding carboxylic acids is 3. The van der Waals surface area contributed by atoms with E-state index in [4.69, 9.17) is 0 Å². The molecule has 0 aromatic heterocycles. The van der Waals surface area contributed by atoms with Crippen LogP contribution in [0.5, 0.6) is 0 Å². The van der Waals surface area contributed by atoms with Crippen LogP contribution < -0.4 is 21.3 Å². The van der Waals surface area contributed by atoms with Crippen molar-refractivity contribution in [3.05, 3.63) is 65.2 Å². The molecule has 4 amide bonds. The van der Waals surface area contributed by atoms with E-state index in [9.17, 15) is 23.2 Å². The fourth-order valence-corrected chi connectivity index (χ4v) is 2.67. The van der Waals surface area contributed by atoms with Crippen LogP contribution in [-0.4, -0.2) is 30.9 Å². The second kappa shape index (κ2) is 8.68. The third kappa shape index (κ3) is 5.28. The van der Waals surface area contributed by atoms with Gasteiger partial charge < -0.3 is 21.3 Å². The minimum atomic E-state index is -1.22. The summed E-state index contributed by atoms with van der Waals surface area (Å²) in [5, 5.41) is 10.3. The van der Waals surface area contributed by atoms with Gasteiger partial charge in [-0.15, -0.1) is 0 Å². The molecule has 1 saturated carbocycles. The van der Waals surface area contributed by atoms with Gasteiger partial charge in [-0.25, -0.2) is 13.6 Å². The monoisotopic (exact) mass is 402 g/mol. The van der Waals surface area contributed by atoms with Crippen molar-refractivity contribution in [3.8, 4) is 0 Å². The highest BCUT2D eigenvalue weighted by molar-refractivity contribution is 5.99. The Kier molecular flexibility index (Phi) is 6.06. The van der Waals surface area contributed by atoms with E-state index in [0.29, 0.717) is 5.69 Å². The van der Waals surface area contributed by atoms with Gasteiger partial charge >= 0.3 is 6.03 Å². The first-order valence-corrected chi connectivity index (χ1v) is 9.02. The van der Waals surface area contributed by atoms with Crippen molar-refractivity contribution in [3.63, 3.8) is 0 Å². The molecule has 1 aliphatic carbocycles. The molecule has 152 valence electrons. The van der Waals surface area contributed by atoms with Crippen LogP contribution in [0.1, 0.15) is 34.8 Å². The van der Waals surface area contributed by atoms with Crippen molar-refractivity contribution in [2.45, 2.75) is 24.9 Å². The Morgan fingerprint density at radius 2 is 1.79 bits per heavy atom. The highest BCUT2D eigenvalue weighted by atomic mass is 19.2. The molecule has 1 fully saturated rings. The van der Waals surface area contributed by atoms with Crippen molar-refractivity contribution in [1.29, 1.82) is 0 Å². The van der Waals surface area contributed by atoms with Crippen LogP contribution in [0.2, 0.25) is 0 Å². The highest BCUT2D eigenvalue weighted by Crippen LogP contribution is 2.20. The van der Waals surface area contributed by atoms with E-state index >= 15 is 0 Å². The first kappa shape index (κ1) is 20.2. The van der Waals surface area contributed by atoms with Gasteiger partial charge in [-0.3, -0.25) is 9.59 Å². The molecule has 0 spiro atoms. The molecule has 0 bridgehead atoms. The third-order valence-electron chi connectivity index (χ3n) is 4.36. The summed E-state index contributed by atoms with van der Waals surface area (Å²) >= 11 is 0. The van der Waals surface area contributed by atoms with Crippen molar-refractivity contribution in [2.24, 2.45) is 0 Å². The Morgan fingerprint density at radius 1 is 1.03 bits per heavy atom. The minimum Gasteiger partial charge on any atom is -0.357 e. The van der Waals surface area contributed by atoms with Gasteiger partial charge in [0.15, 0.2) is 11.6 Å². The maximum atomic E-state index is 13.6. The molecule has 0 saturated heterocycles. The van der Waals surface area contributed by atoms with Crippen molar-refractivity contribution in [2.75, 3.05) is 12.4 Å². The maximum absolute atomic E-state index is 13.6. The SMILES string of the molecule is CNC(=O)C(NC(=O)c1cccc(NC(=O)NC2CC2)c1)c1ccc(F)c(F)c1. The molecule has 1 aliphatic rings. The van der Waals surface area contributed by atoms with Gasteiger partial charge in [0.25, 0.3) is 5.91 Å². The first-order valence-electron chi connectivity index (χ1n) is 9.02. The lowest BCUT2D eigenvalue weighted by molar-refractivity contribution is -0.122. The van der Waals surface area contributed by atoms with E-state index in [2.05, 4.69) is 21.3 Å². The fraction of sp³-hybridized carbons (Fsp3) is 0.250. The van der Waals surface area contributed by atoms with Crippen LogP contribution in [0.4, 0.5) is 19.3 Å². The number of rotatable bonds is 6. The van der Waals surface area contributed by atoms with Gasteiger partial charge in [-0.2, -0.15) is 0 Å². The standard InChI is InChI=1S/C20H20F2N4O3/c1-23-19(28)17(11-5-8-15(21)16(22)10-11)26-18(27)12-3-2-4-14(9-12)25-20(29)24-13-6-7-13/h2-5,8-10,13,17H,6-7H2,1H3,(H,23,28)(H,26,27)(H2,24,25,29). The number of carbonyl (C=O) groups is 3. The quantitative estimate of drug-likeness (QED) is 0.597. The Hall–Kier alpha value is -3.49. The molecule has 9 heteroatoms. The van der Waals surface area contributed by atoms with E-state index in [1.165, 1.54) is 25.2 Å². The van der Waals surface area contributed by atoms with Gasteiger partial charge in [-0.1, -0.05) is 12.1 Å². The predicted molar refractivity (Wildman–Crippen MR) is 102 cm³/mol. The highest BCUT2D eigenvalue weighted by Gasteiger charge is 2.25. The molecular weight excluding hydrogens is 382 g/mol. The van der Waals surface area contributed by atoms with Crippen LogP contribution in [0.3, 0.4) is 0 Å². The average molecular weight is 402 g/mol. The van der Waals surface area contributed by atoms with Gasteiger partial charge in [0.2, 0.25) is 5.91 Å². The molecule has 3 rings (SSSR count). The van der Waals surface area contributed by atoms with Crippen LogP contribution in [0.25, 0.3) is 0 Å². The van der Waals surface area contributed by atoms with Gasteiger partial charge in [0.05, 0.1) is 0 Å². The van der Waals surface area contributed by atoms with E-state index in [-0.39, 0.29) is 23.2 Å². The summed E-state index contributed by atoms with van der Waals surface area (Å²) in [7, 11) is 1.37. The second-order valence-electron chi connectivity index (χ2n) is 6.65. The Labute approximate surface area is 165 Å². The molecular formula is C20H20F2N4O3. The molecule has 29 heavy (non-hydrogen) atoms. The van der Waals surface area contributed by atoms with Crippen molar-refractivity contribution >= 4 is 23.5 Å². The second-order valence-corrected chi connectivity index (χ2v) is 6.65. The summed E-state index contributed by atoms with van der Waals surface area (Å²) in [5.74, 6) is -3.39. The zero-order chi connectivity index (χ0) is 21.0. The molecule has 2 aromatic carbocycles. The lowest BCUT2D eigenvalue weighted by Crippen LogP contribution is -2.39. The number of hydrogen-bond donors (Lipinski definition) is 4. The molecule has 1 unspecified atom stereocenters. The van der Waals surface area contributed by atoms with Crippen LogP contribution in [0.15, 0.2) is 42.5 Å². The van der Waals surface area contributed by atoms with Crippen LogP contribution in [0, 0.1) is 11.6 Å². The maximum Gasteiger partial charge on any atom is 0.319 e. The molecule has 4 N–H and O–H groups in total. The van der Waals surface area contributed by atoms with Gasteiger partial charge in [-0.05, 0) is 48.7 Å². The number of likely N-dealkylation sites (N-methyl/N-ethyl adjacent to an activating group) is 1. The molecule has 7 nitrogen and oxygen atoms in total. The summed E-state index contributed by atoms with van der Waals surface area (Å²) in [6.45, 7) is 0.